The van der Waals surface area contributed by atoms with Gasteiger partial charge in [-0.1, -0.05) is 18.2 Å². The van der Waals surface area contributed by atoms with Crippen LogP contribution in [-0.4, -0.2) is 48.5 Å². The molecule has 1 amide bonds. The monoisotopic (exact) mass is 330 g/mol. The molecule has 1 unspecified atom stereocenters. The van der Waals surface area contributed by atoms with E-state index in [1.165, 1.54) is 22.6 Å². The molecule has 0 radical (unpaired) electrons. The minimum Gasteiger partial charge on any atom is -0.367 e. The van der Waals surface area contributed by atoms with E-state index in [9.17, 15) is 4.79 Å². The number of amides is 1. The second-order valence-corrected chi connectivity index (χ2v) is 6.73. The number of nitrogens with zero attached hydrogens (tertiary/aromatic N) is 3. The zero-order valence-electron chi connectivity index (χ0n) is 13.7. The lowest BCUT2D eigenvalue weighted by Crippen LogP contribution is -2.54. The van der Waals surface area contributed by atoms with Gasteiger partial charge in [-0.3, -0.25) is 4.79 Å². The summed E-state index contributed by atoms with van der Waals surface area (Å²) in [5.41, 5.74) is 3.07. The molecule has 2 heterocycles. The van der Waals surface area contributed by atoms with Crippen molar-refractivity contribution in [3.63, 3.8) is 0 Å². The van der Waals surface area contributed by atoms with E-state index in [-0.39, 0.29) is 11.9 Å². The van der Waals surface area contributed by atoms with Crippen molar-refractivity contribution < 1.29 is 4.79 Å². The van der Waals surface area contributed by atoms with Gasteiger partial charge in [0.15, 0.2) is 5.13 Å². The van der Waals surface area contributed by atoms with Crippen LogP contribution in [0.15, 0.2) is 29.6 Å². The molecule has 3 rings (SSSR count). The van der Waals surface area contributed by atoms with Gasteiger partial charge >= 0.3 is 0 Å². The number of rotatable bonds is 3. The number of hydrogen-bond donors (Lipinski definition) is 1. The fourth-order valence-electron chi connectivity index (χ4n) is 3.03. The molecule has 0 bridgehead atoms. The van der Waals surface area contributed by atoms with E-state index in [4.69, 9.17) is 0 Å². The molecule has 0 saturated carbocycles. The van der Waals surface area contributed by atoms with Crippen LogP contribution in [-0.2, 0) is 0 Å². The maximum Gasteiger partial charge on any atom is 0.273 e. The molecule has 122 valence electrons. The van der Waals surface area contributed by atoms with Gasteiger partial charge in [-0.25, -0.2) is 4.98 Å². The number of thiazole rings is 1. The summed E-state index contributed by atoms with van der Waals surface area (Å²) in [4.78, 5) is 21.3. The molecule has 1 aliphatic heterocycles. The zero-order valence-corrected chi connectivity index (χ0v) is 14.6. The Hall–Kier alpha value is -2.08. The molecule has 1 aromatic heterocycles. The summed E-state index contributed by atoms with van der Waals surface area (Å²) in [6, 6.07) is 8.57. The predicted molar refractivity (Wildman–Crippen MR) is 95.6 cm³/mol. The maximum atomic E-state index is 12.7. The fraction of sp³-hybridized carbons (Fsp3) is 0.412. The van der Waals surface area contributed by atoms with Crippen molar-refractivity contribution in [2.45, 2.75) is 19.9 Å². The standard InChI is InChI=1S/C17H22N4OS/c1-12-6-4-5-7-15(12)20-8-9-21(13(2)10-20)16(22)14-11-23-17(18-3)19-14/h4-7,11,13H,8-10H2,1-3H3,(H,18,19). The van der Waals surface area contributed by atoms with Crippen molar-refractivity contribution in [3.8, 4) is 0 Å². The molecule has 5 nitrogen and oxygen atoms in total. The van der Waals surface area contributed by atoms with Gasteiger partial charge in [0.1, 0.15) is 5.69 Å². The van der Waals surface area contributed by atoms with Gasteiger partial charge < -0.3 is 15.1 Å². The van der Waals surface area contributed by atoms with E-state index in [0.717, 1.165) is 24.8 Å². The van der Waals surface area contributed by atoms with E-state index in [0.29, 0.717) is 5.69 Å². The average molecular weight is 330 g/mol. The van der Waals surface area contributed by atoms with Gasteiger partial charge in [0, 0.05) is 43.8 Å². The summed E-state index contributed by atoms with van der Waals surface area (Å²) in [6.07, 6.45) is 0. The first-order valence-corrected chi connectivity index (χ1v) is 8.73. The Kier molecular flexibility index (Phi) is 4.52. The van der Waals surface area contributed by atoms with Crippen LogP contribution >= 0.6 is 11.3 Å². The molecule has 1 saturated heterocycles. The molecule has 2 aromatic rings. The Labute approximate surface area is 140 Å². The Bertz CT molecular complexity index is 699. The van der Waals surface area contributed by atoms with Gasteiger partial charge in [0.25, 0.3) is 5.91 Å². The molecular formula is C17H22N4OS. The first-order chi connectivity index (χ1) is 11.1. The van der Waals surface area contributed by atoms with Crippen molar-refractivity contribution in [1.82, 2.24) is 9.88 Å². The van der Waals surface area contributed by atoms with Crippen LogP contribution in [0.5, 0.6) is 0 Å². The first-order valence-electron chi connectivity index (χ1n) is 7.85. The number of piperazine rings is 1. The normalized spacial score (nSPS) is 18.1. The van der Waals surface area contributed by atoms with Crippen LogP contribution in [0.3, 0.4) is 0 Å². The number of hydrogen-bond acceptors (Lipinski definition) is 5. The highest BCUT2D eigenvalue weighted by Crippen LogP contribution is 2.24. The minimum absolute atomic E-state index is 0.0275. The van der Waals surface area contributed by atoms with Crippen molar-refractivity contribution in [1.29, 1.82) is 0 Å². The number of para-hydroxylation sites is 1. The molecule has 1 aromatic carbocycles. The SMILES string of the molecule is CNc1nc(C(=O)N2CCN(c3ccccc3C)CC2C)cs1. The number of nitrogens with one attached hydrogen (secondary N) is 1. The molecule has 6 heteroatoms. The topological polar surface area (TPSA) is 48.5 Å². The van der Waals surface area contributed by atoms with Crippen LogP contribution in [0.4, 0.5) is 10.8 Å². The summed E-state index contributed by atoms with van der Waals surface area (Å²) < 4.78 is 0. The van der Waals surface area contributed by atoms with E-state index < -0.39 is 0 Å². The van der Waals surface area contributed by atoms with Crippen molar-refractivity contribution >= 4 is 28.1 Å². The lowest BCUT2D eigenvalue weighted by Gasteiger charge is -2.41. The lowest BCUT2D eigenvalue weighted by atomic mass is 10.1. The summed E-state index contributed by atoms with van der Waals surface area (Å²) in [5.74, 6) is 0.0275. The number of anilines is 2. The minimum atomic E-state index is 0.0275. The number of carbonyl (C=O) groups excluding carboxylic acids is 1. The van der Waals surface area contributed by atoms with Crippen LogP contribution in [0.25, 0.3) is 0 Å². The third-order valence-corrected chi connectivity index (χ3v) is 5.14. The van der Waals surface area contributed by atoms with Crippen LogP contribution in [0.2, 0.25) is 0 Å². The first kappa shape index (κ1) is 15.8. The van der Waals surface area contributed by atoms with E-state index in [1.54, 1.807) is 0 Å². The molecule has 0 aliphatic carbocycles. The Morgan fingerprint density at radius 1 is 1.35 bits per heavy atom. The van der Waals surface area contributed by atoms with E-state index in [2.05, 4.69) is 53.3 Å². The summed E-state index contributed by atoms with van der Waals surface area (Å²) in [5, 5.41) is 5.58. The molecular weight excluding hydrogens is 308 g/mol. The Morgan fingerprint density at radius 2 is 2.13 bits per heavy atom. The Balaban J connectivity index is 1.71. The molecule has 1 fully saturated rings. The average Bonchev–Trinajstić information content (AvgIpc) is 3.04. The number of aromatic nitrogens is 1. The van der Waals surface area contributed by atoms with Crippen LogP contribution < -0.4 is 10.2 Å². The maximum absolute atomic E-state index is 12.7. The zero-order chi connectivity index (χ0) is 16.4. The Morgan fingerprint density at radius 3 is 2.78 bits per heavy atom. The number of benzene rings is 1. The van der Waals surface area contributed by atoms with Gasteiger partial charge in [0.2, 0.25) is 0 Å². The van der Waals surface area contributed by atoms with Crippen molar-refractivity contribution in [2.24, 2.45) is 0 Å². The largest absolute Gasteiger partial charge is 0.367 e. The molecule has 1 aliphatic rings. The number of aryl methyl sites for hydroxylation is 1. The highest BCUT2D eigenvalue weighted by Gasteiger charge is 2.29. The van der Waals surface area contributed by atoms with Crippen molar-refractivity contribution in [3.05, 3.63) is 40.9 Å². The van der Waals surface area contributed by atoms with Crippen molar-refractivity contribution in [2.75, 3.05) is 36.9 Å². The lowest BCUT2D eigenvalue weighted by molar-refractivity contribution is 0.0669. The molecule has 1 N–H and O–H groups in total. The quantitative estimate of drug-likeness (QED) is 0.940. The summed E-state index contributed by atoms with van der Waals surface area (Å²) >= 11 is 1.46. The highest BCUT2D eigenvalue weighted by atomic mass is 32.1. The smallest absolute Gasteiger partial charge is 0.273 e. The highest BCUT2D eigenvalue weighted by molar-refractivity contribution is 7.13. The number of carbonyl (C=O) groups is 1. The van der Waals surface area contributed by atoms with Gasteiger partial charge in [-0.15, -0.1) is 11.3 Å². The van der Waals surface area contributed by atoms with Gasteiger partial charge in [0.05, 0.1) is 0 Å². The van der Waals surface area contributed by atoms with E-state index in [1.807, 2.05) is 17.3 Å². The van der Waals surface area contributed by atoms with Gasteiger partial charge in [-0.2, -0.15) is 0 Å². The van der Waals surface area contributed by atoms with Crippen LogP contribution in [0.1, 0.15) is 23.0 Å². The third kappa shape index (κ3) is 3.17. The van der Waals surface area contributed by atoms with E-state index >= 15 is 0 Å². The molecule has 0 spiro atoms. The predicted octanol–water partition coefficient (Wildman–Crippen LogP) is 2.84. The molecule has 1 atom stereocenters. The second-order valence-electron chi connectivity index (χ2n) is 5.87. The molecule has 23 heavy (non-hydrogen) atoms. The fourth-order valence-corrected chi connectivity index (χ4v) is 3.68. The second kappa shape index (κ2) is 6.58. The third-order valence-electron chi connectivity index (χ3n) is 4.28. The summed E-state index contributed by atoms with van der Waals surface area (Å²) in [6.45, 7) is 6.66. The van der Waals surface area contributed by atoms with Gasteiger partial charge in [-0.05, 0) is 25.5 Å². The summed E-state index contributed by atoms with van der Waals surface area (Å²) in [7, 11) is 1.82. The van der Waals surface area contributed by atoms with Crippen LogP contribution in [0, 0.1) is 6.92 Å².